The Hall–Kier alpha value is -3.22. The van der Waals surface area contributed by atoms with E-state index < -0.39 is 0 Å². The Balaban J connectivity index is 0.000000122. The molecule has 0 unspecified atom stereocenters. The van der Waals surface area contributed by atoms with Gasteiger partial charge in [-0.15, -0.1) is 22.7 Å². The maximum Gasteiger partial charge on any atom is 0.194 e. The largest absolute Gasteiger partial charge is 0.294 e. The van der Waals surface area contributed by atoms with E-state index >= 15 is 0 Å². The van der Waals surface area contributed by atoms with Crippen molar-refractivity contribution in [3.05, 3.63) is 94.2 Å². The molecule has 0 atom stereocenters. The van der Waals surface area contributed by atoms with Crippen LogP contribution in [0.15, 0.2) is 73.1 Å². The molecular formula is C30H28N4S2. The van der Waals surface area contributed by atoms with Crippen LogP contribution in [-0.2, 0) is 25.7 Å². The Kier molecular flexibility index (Phi) is 5.71. The van der Waals surface area contributed by atoms with E-state index in [1.165, 1.54) is 73.9 Å². The van der Waals surface area contributed by atoms with E-state index in [1.54, 1.807) is 9.75 Å². The lowest BCUT2D eigenvalue weighted by atomic mass is 10.0. The lowest BCUT2D eigenvalue weighted by Crippen LogP contribution is -2.01. The number of thiazole rings is 2. The molecule has 0 amide bonds. The Morgan fingerprint density at radius 1 is 0.528 bits per heavy atom. The van der Waals surface area contributed by atoms with Gasteiger partial charge < -0.3 is 0 Å². The van der Waals surface area contributed by atoms with Crippen molar-refractivity contribution >= 4 is 32.6 Å². The Morgan fingerprint density at radius 2 is 0.944 bits per heavy atom. The summed E-state index contributed by atoms with van der Waals surface area (Å²) in [6.45, 7) is 0. The van der Waals surface area contributed by atoms with Crippen molar-refractivity contribution in [3.63, 3.8) is 0 Å². The molecule has 0 radical (unpaired) electrons. The van der Waals surface area contributed by atoms with Crippen LogP contribution >= 0.6 is 22.7 Å². The van der Waals surface area contributed by atoms with Crippen molar-refractivity contribution in [1.29, 1.82) is 0 Å². The Labute approximate surface area is 218 Å². The van der Waals surface area contributed by atoms with Gasteiger partial charge in [0.25, 0.3) is 0 Å². The highest BCUT2D eigenvalue weighted by Gasteiger charge is 2.19. The van der Waals surface area contributed by atoms with Gasteiger partial charge in [0, 0.05) is 44.7 Å². The van der Waals surface area contributed by atoms with Gasteiger partial charge in [-0.05, 0) is 51.4 Å². The number of fused-ring (bicyclic) bond motifs is 6. The van der Waals surface area contributed by atoms with Crippen molar-refractivity contribution in [3.8, 4) is 22.5 Å². The molecular weight excluding hydrogens is 480 g/mol. The molecule has 0 fully saturated rings. The number of aromatic nitrogens is 4. The molecule has 0 saturated carbocycles. The number of hydrogen-bond acceptors (Lipinski definition) is 4. The van der Waals surface area contributed by atoms with E-state index in [4.69, 9.17) is 9.97 Å². The van der Waals surface area contributed by atoms with Gasteiger partial charge in [-0.1, -0.05) is 60.7 Å². The maximum absolute atomic E-state index is 4.77. The van der Waals surface area contributed by atoms with Crippen molar-refractivity contribution in [2.45, 2.75) is 51.4 Å². The topological polar surface area (TPSA) is 34.6 Å². The Bertz CT molecular complexity index is 1510. The fraction of sp³-hybridized carbons (Fsp3) is 0.267. The van der Waals surface area contributed by atoms with Crippen LogP contribution in [0.3, 0.4) is 0 Å². The molecule has 4 nitrogen and oxygen atoms in total. The minimum atomic E-state index is 1.09. The van der Waals surface area contributed by atoms with Crippen LogP contribution < -0.4 is 0 Å². The summed E-state index contributed by atoms with van der Waals surface area (Å²) in [7, 11) is 0. The lowest BCUT2D eigenvalue weighted by Gasteiger charge is -2.09. The van der Waals surface area contributed by atoms with Crippen molar-refractivity contribution in [1.82, 2.24) is 18.8 Å². The summed E-state index contributed by atoms with van der Waals surface area (Å²) in [5.74, 6) is 0. The molecule has 4 aromatic heterocycles. The molecule has 2 aliphatic carbocycles. The van der Waals surface area contributed by atoms with Crippen LogP contribution in [0.5, 0.6) is 0 Å². The number of aryl methyl sites for hydroxylation is 4. The van der Waals surface area contributed by atoms with Gasteiger partial charge >= 0.3 is 0 Å². The molecule has 0 N–H and O–H groups in total. The van der Waals surface area contributed by atoms with E-state index in [2.05, 4.69) is 69.7 Å². The molecule has 6 aromatic rings. The van der Waals surface area contributed by atoms with Crippen molar-refractivity contribution < 1.29 is 0 Å². The maximum atomic E-state index is 4.77. The minimum Gasteiger partial charge on any atom is -0.294 e. The first kappa shape index (κ1) is 22.0. The predicted molar refractivity (Wildman–Crippen MR) is 150 cm³/mol. The fourth-order valence-corrected chi connectivity index (χ4v) is 7.81. The van der Waals surface area contributed by atoms with Gasteiger partial charge in [0.2, 0.25) is 0 Å². The zero-order valence-electron chi connectivity index (χ0n) is 20.2. The second kappa shape index (κ2) is 9.34. The van der Waals surface area contributed by atoms with Crippen LogP contribution in [0.1, 0.15) is 46.8 Å². The summed E-state index contributed by atoms with van der Waals surface area (Å²) in [6.07, 6.45) is 14.6. The molecule has 4 heterocycles. The first-order valence-corrected chi connectivity index (χ1v) is 14.6. The van der Waals surface area contributed by atoms with E-state index in [9.17, 15) is 0 Å². The molecule has 0 aliphatic heterocycles. The van der Waals surface area contributed by atoms with Gasteiger partial charge in [0.05, 0.1) is 11.4 Å². The number of nitrogens with zero attached hydrogens (tertiary/aromatic N) is 4. The van der Waals surface area contributed by atoms with E-state index in [1.807, 2.05) is 34.8 Å². The molecule has 2 aliphatic rings. The smallest absolute Gasteiger partial charge is 0.194 e. The monoisotopic (exact) mass is 508 g/mol. The second-order valence-electron chi connectivity index (χ2n) is 9.65. The van der Waals surface area contributed by atoms with E-state index in [0.29, 0.717) is 0 Å². The highest BCUT2D eigenvalue weighted by molar-refractivity contribution is 7.17. The number of rotatable bonds is 2. The first-order chi connectivity index (χ1) is 17.8. The van der Waals surface area contributed by atoms with E-state index in [0.717, 1.165) is 21.3 Å². The van der Waals surface area contributed by atoms with Crippen LogP contribution in [-0.4, -0.2) is 18.8 Å². The van der Waals surface area contributed by atoms with Crippen LogP contribution in [0.2, 0.25) is 0 Å². The second-order valence-corrected chi connectivity index (χ2v) is 11.8. The normalized spacial score (nSPS) is 14.9. The van der Waals surface area contributed by atoms with Crippen molar-refractivity contribution in [2.75, 3.05) is 0 Å². The summed E-state index contributed by atoms with van der Waals surface area (Å²) in [5.41, 5.74) is 7.59. The van der Waals surface area contributed by atoms with E-state index in [-0.39, 0.29) is 0 Å². The third-order valence-corrected chi connectivity index (χ3v) is 9.59. The van der Waals surface area contributed by atoms with Crippen LogP contribution in [0, 0.1) is 0 Å². The Morgan fingerprint density at radius 3 is 1.39 bits per heavy atom. The summed E-state index contributed by atoms with van der Waals surface area (Å²) in [5, 5.41) is 0. The molecule has 180 valence electrons. The third-order valence-electron chi connectivity index (χ3n) is 7.28. The van der Waals surface area contributed by atoms with Gasteiger partial charge in [-0.2, -0.15) is 0 Å². The number of hydrogen-bond donors (Lipinski definition) is 0. The standard InChI is InChI=1S/2C15H14N2S/c2*1-2-6-11(7-3-1)12-10-17-13-8-4-5-9-14(13)18-15(17)16-12/h2*1-3,6-7,10H,4-5,8-9H2. The summed E-state index contributed by atoms with van der Waals surface area (Å²) < 4.78 is 4.61. The first-order valence-electron chi connectivity index (χ1n) is 12.9. The quantitative estimate of drug-likeness (QED) is 0.238. The molecule has 0 saturated heterocycles. The zero-order chi connectivity index (χ0) is 23.9. The van der Waals surface area contributed by atoms with Crippen LogP contribution in [0.4, 0.5) is 0 Å². The molecule has 0 bridgehead atoms. The predicted octanol–water partition coefficient (Wildman–Crippen LogP) is 7.88. The lowest BCUT2D eigenvalue weighted by molar-refractivity contribution is 0.674. The average molecular weight is 509 g/mol. The third kappa shape index (κ3) is 3.98. The zero-order valence-corrected chi connectivity index (χ0v) is 21.8. The molecule has 8 rings (SSSR count). The molecule has 36 heavy (non-hydrogen) atoms. The van der Waals surface area contributed by atoms with Crippen molar-refractivity contribution in [2.24, 2.45) is 0 Å². The SMILES string of the molecule is c1ccc(-c2cn3c4c(sc3n2)CCCC4)cc1.c1ccc(-c2cn3c4c(sc3n2)CCCC4)cc1. The molecule has 6 heteroatoms. The number of benzene rings is 2. The molecule has 0 spiro atoms. The average Bonchev–Trinajstić information content (AvgIpc) is 3.69. The summed E-state index contributed by atoms with van der Waals surface area (Å²) in [6, 6.07) is 20.9. The van der Waals surface area contributed by atoms with Gasteiger partial charge in [0.15, 0.2) is 9.92 Å². The van der Waals surface area contributed by atoms with Gasteiger partial charge in [-0.25, -0.2) is 9.97 Å². The highest BCUT2D eigenvalue weighted by atomic mass is 32.1. The molecule has 2 aromatic carbocycles. The summed E-state index contributed by atoms with van der Waals surface area (Å²) in [4.78, 5) is 14.9. The van der Waals surface area contributed by atoms with Gasteiger partial charge in [0.1, 0.15) is 0 Å². The van der Waals surface area contributed by atoms with Gasteiger partial charge in [-0.3, -0.25) is 8.80 Å². The summed E-state index contributed by atoms with van der Waals surface area (Å²) >= 11 is 3.73. The fourth-order valence-electron chi connectivity index (χ4n) is 5.43. The highest BCUT2D eigenvalue weighted by Crippen LogP contribution is 2.33. The minimum absolute atomic E-state index is 1.09. The number of imidazole rings is 2. The van der Waals surface area contributed by atoms with Crippen LogP contribution in [0.25, 0.3) is 32.4 Å².